The zero-order valence-corrected chi connectivity index (χ0v) is 15.5. The maximum absolute atomic E-state index is 12.8. The lowest BCUT2D eigenvalue weighted by molar-refractivity contribution is -0.132. The lowest BCUT2D eigenvalue weighted by Gasteiger charge is -2.35. The van der Waals surface area contributed by atoms with Gasteiger partial charge < -0.3 is 4.90 Å². The molecule has 130 valence electrons. The number of carbonyl (C=O) groups excluding carboxylic acids is 1. The summed E-state index contributed by atoms with van der Waals surface area (Å²) in [4.78, 5) is 18.6. The van der Waals surface area contributed by atoms with E-state index in [1.54, 1.807) is 0 Å². The van der Waals surface area contributed by atoms with E-state index >= 15 is 0 Å². The van der Waals surface area contributed by atoms with Gasteiger partial charge in [0.25, 0.3) is 0 Å². The molecule has 0 saturated heterocycles. The molecule has 1 amide bonds. The standard InChI is InChI=1S/C21H24N2OS/c1-16-19-10-14-25-20(19)9-13-23(16)15-21(24)22-11-7-18(8-12-22)17-5-3-2-4-6-17/h2-7,10,14,16H,8-9,11-13,15H2,1H3/t16-/m1/s1. The highest BCUT2D eigenvalue weighted by Gasteiger charge is 2.28. The minimum Gasteiger partial charge on any atom is -0.338 e. The largest absolute Gasteiger partial charge is 0.338 e. The average molecular weight is 353 g/mol. The molecular formula is C21H24N2OS. The number of fused-ring (bicyclic) bond motifs is 1. The van der Waals surface area contributed by atoms with Crippen LogP contribution in [0.1, 0.15) is 35.4 Å². The monoisotopic (exact) mass is 352 g/mol. The van der Waals surface area contributed by atoms with Crippen molar-refractivity contribution in [2.75, 3.05) is 26.2 Å². The summed E-state index contributed by atoms with van der Waals surface area (Å²) < 4.78 is 0. The molecule has 4 rings (SSSR count). The first kappa shape index (κ1) is 16.6. The van der Waals surface area contributed by atoms with E-state index in [0.717, 1.165) is 32.5 Å². The molecule has 4 heteroatoms. The Kier molecular flexibility index (Phi) is 4.73. The van der Waals surface area contributed by atoms with Gasteiger partial charge in [-0.15, -0.1) is 11.3 Å². The fourth-order valence-corrected chi connectivity index (χ4v) is 4.82. The molecule has 3 heterocycles. The van der Waals surface area contributed by atoms with Crippen LogP contribution in [0.5, 0.6) is 0 Å². The van der Waals surface area contributed by atoms with Crippen LogP contribution >= 0.6 is 11.3 Å². The van der Waals surface area contributed by atoms with Crippen LogP contribution in [0.2, 0.25) is 0 Å². The predicted molar refractivity (Wildman–Crippen MR) is 104 cm³/mol. The number of hydrogen-bond acceptors (Lipinski definition) is 3. The van der Waals surface area contributed by atoms with Crippen molar-refractivity contribution in [3.05, 3.63) is 63.9 Å². The van der Waals surface area contributed by atoms with Crippen LogP contribution in [0.3, 0.4) is 0 Å². The first-order chi connectivity index (χ1) is 12.2. The SMILES string of the molecule is C[C@@H]1c2ccsc2CCN1CC(=O)N1CC=C(c2ccccc2)CC1. The Balaban J connectivity index is 1.38. The van der Waals surface area contributed by atoms with Crippen molar-refractivity contribution in [2.45, 2.75) is 25.8 Å². The van der Waals surface area contributed by atoms with Gasteiger partial charge in [0.1, 0.15) is 0 Å². The van der Waals surface area contributed by atoms with Crippen LogP contribution in [-0.2, 0) is 11.2 Å². The summed E-state index contributed by atoms with van der Waals surface area (Å²) in [6.07, 6.45) is 4.23. The minimum absolute atomic E-state index is 0.258. The van der Waals surface area contributed by atoms with Crippen LogP contribution in [-0.4, -0.2) is 41.9 Å². The van der Waals surface area contributed by atoms with Gasteiger partial charge in [-0.2, -0.15) is 0 Å². The molecule has 3 nitrogen and oxygen atoms in total. The molecule has 0 aliphatic carbocycles. The Morgan fingerprint density at radius 2 is 2.00 bits per heavy atom. The van der Waals surface area contributed by atoms with Crippen LogP contribution in [0.25, 0.3) is 5.57 Å². The van der Waals surface area contributed by atoms with Crippen molar-refractivity contribution in [1.82, 2.24) is 9.80 Å². The molecule has 0 spiro atoms. The van der Waals surface area contributed by atoms with Crippen molar-refractivity contribution in [2.24, 2.45) is 0 Å². The molecule has 1 atom stereocenters. The first-order valence-electron chi connectivity index (χ1n) is 9.05. The highest BCUT2D eigenvalue weighted by Crippen LogP contribution is 2.32. The topological polar surface area (TPSA) is 23.6 Å². The van der Waals surface area contributed by atoms with E-state index in [1.807, 2.05) is 22.3 Å². The summed E-state index contributed by atoms with van der Waals surface area (Å²) >= 11 is 1.85. The van der Waals surface area contributed by atoms with Crippen molar-refractivity contribution in [3.8, 4) is 0 Å². The Hall–Kier alpha value is -1.91. The van der Waals surface area contributed by atoms with Crippen LogP contribution < -0.4 is 0 Å². The zero-order valence-electron chi connectivity index (χ0n) is 14.6. The molecule has 2 aromatic rings. The number of amides is 1. The summed E-state index contributed by atoms with van der Waals surface area (Å²) in [6, 6.07) is 13.1. The lowest BCUT2D eigenvalue weighted by atomic mass is 9.99. The van der Waals surface area contributed by atoms with E-state index in [2.05, 4.69) is 53.6 Å². The third-order valence-corrected chi connectivity index (χ3v) is 6.45. The van der Waals surface area contributed by atoms with Gasteiger partial charge in [-0.3, -0.25) is 9.69 Å². The minimum atomic E-state index is 0.258. The van der Waals surface area contributed by atoms with E-state index < -0.39 is 0 Å². The molecule has 0 bridgehead atoms. The molecule has 0 unspecified atom stereocenters. The second kappa shape index (κ2) is 7.14. The van der Waals surface area contributed by atoms with E-state index in [0.29, 0.717) is 12.6 Å². The Bertz CT molecular complexity index is 780. The summed E-state index contributed by atoms with van der Waals surface area (Å²) in [5.41, 5.74) is 4.05. The van der Waals surface area contributed by atoms with Crippen molar-refractivity contribution in [3.63, 3.8) is 0 Å². The number of nitrogens with zero attached hydrogens (tertiary/aromatic N) is 2. The second-order valence-electron chi connectivity index (χ2n) is 6.88. The molecule has 2 aliphatic rings. The van der Waals surface area contributed by atoms with Gasteiger partial charge in [0, 0.05) is 30.6 Å². The predicted octanol–water partition coefficient (Wildman–Crippen LogP) is 3.98. The van der Waals surface area contributed by atoms with Crippen molar-refractivity contribution < 1.29 is 4.79 Å². The van der Waals surface area contributed by atoms with Gasteiger partial charge in [0.2, 0.25) is 5.91 Å². The average Bonchev–Trinajstić information content (AvgIpc) is 3.14. The maximum atomic E-state index is 12.8. The van der Waals surface area contributed by atoms with Crippen molar-refractivity contribution >= 4 is 22.8 Å². The smallest absolute Gasteiger partial charge is 0.237 e. The maximum Gasteiger partial charge on any atom is 0.237 e. The molecule has 1 aromatic carbocycles. The third kappa shape index (κ3) is 3.42. The normalized spacial score (nSPS) is 20.9. The first-order valence-corrected chi connectivity index (χ1v) is 9.93. The highest BCUT2D eigenvalue weighted by molar-refractivity contribution is 7.10. The van der Waals surface area contributed by atoms with Gasteiger partial charge in [-0.25, -0.2) is 0 Å². The van der Waals surface area contributed by atoms with E-state index in [9.17, 15) is 4.79 Å². The van der Waals surface area contributed by atoms with E-state index in [1.165, 1.54) is 21.6 Å². The van der Waals surface area contributed by atoms with Crippen molar-refractivity contribution in [1.29, 1.82) is 0 Å². The number of rotatable bonds is 3. The fraction of sp³-hybridized carbons (Fsp3) is 0.381. The highest BCUT2D eigenvalue weighted by atomic mass is 32.1. The van der Waals surface area contributed by atoms with Gasteiger partial charge in [-0.05, 0) is 47.9 Å². The molecule has 0 radical (unpaired) electrons. The van der Waals surface area contributed by atoms with Gasteiger partial charge in [-0.1, -0.05) is 36.4 Å². The number of hydrogen-bond donors (Lipinski definition) is 0. The zero-order chi connectivity index (χ0) is 17.2. The number of thiophene rings is 1. The lowest BCUT2D eigenvalue weighted by Crippen LogP contribution is -2.44. The van der Waals surface area contributed by atoms with Crippen LogP contribution in [0, 0.1) is 0 Å². The number of carbonyl (C=O) groups is 1. The summed E-state index contributed by atoms with van der Waals surface area (Å²) in [5, 5.41) is 2.17. The van der Waals surface area contributed by atoms with E-state index in [4.69, 9.17) is 0 Å². The van der Waals surface area contributed by atoms with Crippen LogP contribution in [0.4, 0.5) is 0 Å². The van der Waals surface area contributed by atoms with Gasteiger partial charge >= 0.3 is 0 Å². The molecule has 1 aromatic heterocycles. The fourth-order valence-electron chi connectivity index (χ4n) is 3.86. The van der Waals surface area contributed by atoms with Crippen LogP contribution in [0.15, 0.2) is 47.9 Å². The summed E-state index contributed by atoms with van der Waals surface area (Å²) in [6.45, 7) is 5.30. The molecule has 0 saturated carbocycles. The molecular weight excluding hydrogens is 328 g/mol. The Morgan fingerprint density at radius 3 is 2.76 bits per heavy atom. The molecule has 2 aliphatic heterocycles. The second-order valence-corrected chi connectivity index (χ2v) is 7.88. The summed E-state index contributed by atoms with van der Waals surface area (Å²) in [5.74, 6) is 0.258. The number of benzene rings is 1. The third-order valence-electron chi connectivity index (χ3n) is 5.45. The van der Waals surface area contributed by atoms with E-state index in [-0.39, 0.29) is 5.91 Å². The molecule has 0 N–H and O–H groups in total. The van der Waals surface area contributed by atoms with Gasteiger partial charge in [0.15, 0.2) is 0 Å². The summed E-state index contributed by atoms with van der Waals surface area (Å²) in [7, 11) is 0. The van der Waals surface area contributed by atoms with Gasteiger partial charge in [0.05, 0.1) is 6.54 Å². The molecule has 25 heavy (non-hydrogen) atoms. The Morgan fingerprint density at radius 1 is 1.16 bits per heavy atom. The Labute approximate surface area is 153 Å². The quantitative estimate of drug-likeness (QED) is 0.834. The molecule has 0 fully saturated rings.